The lowest BCUT2D eigenvalue weighted by Gasteiger charge is -2.12. The van der Waals surface area contributed by atoms with Crippen molar-refractivity contribution < 1.29 is 14.3 Å². The monoisotopic (exact) mass is 455 g/mol. The summed E-state index contributed by atoms with van der Waals surface area (Å²) >= 11 is 2.80. The van der Waals surface area contributed by atoms with E-state index >= 15 is 0 Å². The van der Waals surface area contributed by atoms with Crippen LogP contribution in [0.4, 0.5) is 10.7 Å². The van der Waals surface area contributed by atoms with Gasteiger partial charge in [-0.2, -0.15) is 0 Å². The number of amides is 1. The van der Waals surface area contributed by atoms with Crippen LogP contribution in [0.25, 0.3) is 10.2 Å². The fourth-order valence-corrected chi connectivity index (χ4v) is 6.92. The van der Waals surface area contributed by atoms with Gasteiger partial charge in [0.15, 0.2) is 0 Å². The summed E-state index contributed by atoms with van der Waals surface area (Å²) in [5, 5.41) is 4.36. The molecule has 1 amide bonds. The number of methoxy groups -OCH3 is 1. The first kappa shape index (κ1) is 20.5. The number of carbonyl (C=O) groups is 2. The van der Waals surface area contributed by atoms with Crippen LogP contribution < -0.4 is 11.1 Å². The fraction of sp³-hybridized carbons (Fsp3) is 0.435. The molecule has 0 fully saturated rings. The Balaban J connectivity index is 1.49. The third-order valence-corrected chi connectivity index (χ3v) is 8.56. The van der Waals surface area contributed by atoms with Gasteiger partial charge in [-0.25, -0.2) is 9.78 Å². The van der Waals surface area contributed by atoms with Crippen LogP contribution in [0.1, 0.15) is 73.8 Å². The van der Waals surface area contributed by atoms with Crippen molar-refractivity contribution in [2.24, 2.45) is 0 Å². The lowest BCUT2D eigenvalue weighted by molar-refractivity contribution is 0.0601. The largest absolute Gasteiger partial charge is 0.465 e. The Labute approximate surface area is 188 Å². The van der Waals surface area contributed by atoms with Crippen molar-refractivity contribution >= 4 is 55.5 Å². The SMILES string of the molecule is COC(=O)c1c(NC(=O)c2sc3nc4c(cc3c2N)CCCCCC4)sc2c1CCC2. The molecule has 3 N–H and O–H groups in total. The minimum atomic E-state index is -0.402. The molecule has 0 spiro atoms. The molecule has 3 aromatic heterocycles. The second-order valence-corrected chi connectivity index (χ2v) is 10.3. The van der Waals surface area contributed by atoms with Gasteiger partial charge in [-0.1, -0.05) is 12.8 Å². The molecule has 5 rings (SSSR count). The predicted octanol–water partition coefficient (Wildman–Crippen LogP) is 5.13. The normalized spacial score (nSPS) is 15.8. The minimum absolute atomic E-state index is 0.294. The van der Waals surface area contributed by atoms with E-state index in [1.54, 1.807) is 0 Å². The van der Waals surface area contributed by atoms with E-state index in [1.807, 2.05) is 0 Å². The number of carbonyl (C=O) groups excluding carboxylic acids is 2. The highest BCUT2D eigenvalue weighted by molar-refractivity contribution is 7.21. The van der Waals surface area contributed by atoms with Gasteiger partial charge in [0.05, 0.1) is 18.4 Å². The maximum absolute atomic E-state index is 13.2. The average molecular weight is 456 g/mol. The molecule has 0 saturated heterocycles. The zero-order chi connectivity index (χ0) is 21.5. The van der Waals surface area contributed by atoms with Gasteiger partial charge >= 0.3 is 5.97 Å². The number of hydrogen-bond acceptors (Lipinski definition) is 7. The van der Waals surface area contributed by atoms with Crippen LogP contribution >= 0.6 is 22.7 Å². The molecule has 6 nitrogen and oxygen atoms in total. The maximum Gasteiger partial charge on any atom is 0.341 e. The van der Waals surface area contributed by atoms with E-state index in [1.165, 1.54) is 48.2 Å². The molecule has 162 valence electrons. The van der Waals surface area contributed by atoms with Crippen molar-refractivity contribution in [3.8, 4) is 0 Å². The first-order valence-electron chi connectivity index (χ1n) is 10.8. The van der Waals surface area contributed by atoms with Crippen molar-refractivity contribution in [1.82, 2.24) is 4.98 Å². The Morgan fingerprint density at radius 2 is 1.87 bits per heavy atom. The number of thiophene rings is 2. The van der Waals surface area contributed by atoms with Crippen molar-refractivity contribution in [3.05, 3.63) is 38.2 Å². The Morgan fingerprint density at radius 1 is 1.06 bits per heavy atom. The van der Waals surface area contributed by atoms with E-state index in [0.717, 1.165) is 71.3 Å². The smallest absolute Gasteiger partial charge is 0.341 e. The molecule has 0 atom stereocenters. The number of nitrogen functional groups attached to an aromatic ring is 1. The summed E-state index contributed by atoms with van der Waals surface area (Å²) in [7, 11) is 1.37. The van der Waals surface area contributed by atoms with E-state index in [2.05, 4.69) is 11.4 Å². The Hall–Kier alpha value is -2.45. The number of hydrogen-bond donors (Lipinski definition) is 2. The minimum Gasteiger partial charge on any atom is -0.465 e. The Morgan fingerprint density at radius 3 is 2.68 bits per heavy atom. The zero-order valence-corrected chi connectivity index (χ0v) is 19.1. The molecule has 0 radical (unpaired) electrons. The Kier molecular flexibility index (Phi) is 5.44. The van der Waals surface area contributed by atoms with Crippen LogP contribution in [0.15, 0.2) is 6.07 Å². The molecular formula is C23H25N3O3S2. The van der Waals surface area contributed by atoms with E-state index in [4.69, 9.17) is 15.5 Å². The molecular weight excluding hydrogens is 430 g/mol. The van der Waals surface area contributed by atoms with Crippen LogP contribution in [0.2, 0.25) is 0 Å². The third kappa shape index (κ3) is 3.61. The molecule has 0 aromatic carbocycles. The second-order valence-electron chi connectivity index (χ2n) is 8.21. The number of aromatic nitrogens is 1. The number of fused-ring (bicyclic) bond motifs is 3. The van der Waals surface area contributed by atoms with Crippen LogP contribution in [0.3, 0.4) is 0 Å². The van der Waals surface area contributed by atoms with Crippen LogP contribution in [-0.4, -0.2) is 24.0 Å². The molecule has 2 aliphatic rings. The first-order chi connectivity index (χ1) is 15.1. The fourth-order valence-electron chi connectivity index (χ4n) is 4.65. The number of nitrogens with two attached hydrogens (primary N) is 1. The van der Waals surface area contributed by atoms with Gasteiger partial charge in [0, 0.05) is 16.0 Å². The zero-order valence-electron chi connectivity index (χ0n) is 17.5. The van der Waals surface area contributed by atoms with Gasteiger partial charge in [-0.3, -0.25) is 4.79 Å². The number of nitrogens with zero attached hydrogens (tertiary/aromatic N) is 1. The van der Waals surface area contributed by atoms with Gasteiger partial charge in [-0.15, -0.1) is 22.7 Å². The lowest BCUT2D eigenvalue weighted by Crippen LogP contribution is -2.14. The highest BCUT2D eigenvalue weighted by Gasteiger charge is 2.29. The first-order valence-corrected chi connectivity index (χ1v) is 12.4. The highest BCUT2D eigenvalue weighted by Crippen LogP contribution is 2.41. The van der Waals surface area contributed by atoms with Crippen LogP contribution in [0, 0.1) is 0 Å². The van der Waals surface area contributed by atoms with Gasteiger partial charge in [0.1, 0.15) is 14.7 Å². The number of esters is 1. The molecule has 0 bridgehead atoms. The quantitative estimate of drug-likeness (QED) is 0.534. The van der Waals surface area contributed by atoms with Crippen molar-refractivity contribution in [1.29, 1.82) is 0 Å². The third-order valence-electron chi connectivity index (χ3n) is 6.24. The van der Waals surface area contributed by atoms with Crippen molar-refractivity contribution in [2.45, 2.75) is 57.8 Å². The summed E-state index contributed by atoms with van der Waals surface area (Å²) in [6.07, 6.45) is 9.60. The molecule has 8 heteroatoms. The number of nitrogens with one attached hydrogen (secondary N) is 1. The van der Waals surface area contributed by atoms with Gasteiger partial charge in [-0.05, 0) is 62.1 Å². The number of rotatable bonds is 3. The number of aryl methyl sites for hydroxylation is 3. The number of ether oxygens (including phenoxy) is 1. The Bertz CT molecular complexity index is 1190. The van der Waals surface area contributed by atoms with E-state index in [0.29, 0.717) is 21.1 Å². The average Bonchev–Trinajstić information content (AvgIpc) is 3.40. The number of anilines is 2. The number of pyridine rings is 1. The molecule has 0 saturated carbocycles. The van der Waals surface area contributed by atoms with Crippen molar-refractivity contribution in [3.63, 3.8) is 0 Å². The molecule has 0 aliphatic heterocycles. The summed E-state index contributed by atoms with van der Waals surface area (Å²) < 4.78 is 4.98. The predicted molar refractivity (Wildman–Crippen MR) is 126 cm³/mol. The standard InChI is InChI=1S/C23H25N3O3S2/c1-29-23(28)17-13-8-6-10-16(13)30-22(17)26-20(27)19-18(24)14-11-12-7-4-2-3-5-9-15(12)25-21(14)31-19/h11H,2-10,24H2,1H3,(H,26,27). The van der Waals surface area contributed by atoms with Crippen LogP contribution in [-0.2, 0) is 30.4 Å². The summed E-state index contributed by atoms with van der Waals surface area (Å²) in [5.74, 6) is -0.696. The summed E-state index contributed by atoms with van der Waals surface area (Å²) in [6.45, 7) is 0. The lowest BCUT2D eigenvalue weighted by atomic mass is 9.96. The van der Waals surface area contributed by atoms with Gasteiger partial charge in [0.2, 0.25) is 0 Å². The van der Waals surface area contributed by atoms with Gasteiger partial charge in [0.25, 0.3) is 5.91 Å². The molecule has 31 heavy (non-hydrogen) atoms. The molecule has 2 aliphatic carbocycles. The second kappa shape index (κ2) is 8.24. The van der Waals surface area contributed by atoms with E-state index in [-0.39, 0.29) is 5.91 Å². The molecule has 0 unspecified atom stereocenters. The molecule has 3 heterocycles. The summed E-state index contributed by atoms with van der Waals surface area (Å²) in [6, 6.07) is 2.13. The van der Waals surface area contributed by atoms with E-state index in [9.17, 15) is 9.59 Å². The van der Waals surface area contributed by atoms with Crippen molar-refractivity contribution in [2.75, 3.05) is 18.2 Å². The van der Waals surface area contributed by atoms with E-state index < -0.39 is 5.97 Å². The molecule has 3 aromatic rings. The highest BCUT2D eigenvalue weighted by atomic mass is 32.1. The topological polar surface area (TPSA) is 94.3 Å². The van der Waals surface area contributed by atoms with Gasteiger partial charge < -0.3 is 15.8 Å². The summed E-state index contributed by atoms with van der Waals surface area (Å²) in [5.41, 5.74) is 10.8. The summed E-state index contributed by atoms with van der Waals surface area (Å²) in [4.78, 5) is 32.8. The van der Waals surface area contributed by atoms with Crippen LogP contribution in [0.5, 0.6) is 0 Å². The maximum atomic E-state index is 13.2.